The topological polar surface area (TPSA) is 42.5 Å². The third-order valence-corrected chi connectivity index (χ3v) is 2.01. The molecule has 5 heteroatoms. The standard InChI is InChI=1S/C10H22N2O2S/c1-10(2,8-14-4)12-9(15)11-6-5-7-13-3/h5-8H2,1-4H3,(H2,11,12,15). The normalized spacial score (nSPS) is 11.2. The van der Waals surface area contributed by atoms with Crippen LogP contribution in [0.1, 0.15) is 20.3 Å². The van der Waals surface area contributed by atoms with Crippen LogP contribution in [-0.4, -0.2) is 44.6 Å². The third-order valence-electron chi connectivity index (χ3n) is 1.77. The first kappa shape index (κ1) is 14.6. The van der Waals surface area contributed by atoms with Crippen molar-refractivity contribution in [1.29, 1.82) is 0 Å². The molecule has 4 nitrogen and oxygen atoms in total. The van der Waals surface area contributed by atoms with Crippen LogP contribution in [0.3, 0.4) is 0 Å². The van der Waals surface area contributed by atoms with E-state index in [0.717, 1.165) is 19.6 Å². The lowest BCUT2D eigenvalue weighted by atomic mass is 10.1. The molecule has 0 aromatic carbocycles. The average Bonchev–Trinajstić information content (AvgIpc) is 2.11. The lowest BCUT2D eigenvalue weighted by Gasteiger charge is -2.27. The van der Waals surface area contributed by atoms with Crippen molar-refractivity contribution in [3.05, 3.63) is 0 Å². The van der Waals surface area contributed by atoms with Gasteiger partial charge in [-0.25, -0.2) is 0 Å². The summed E-state index contributed by atoms with van der Waals surface area (Å²) < 4.78 is 10.0. The van der Waals surface area contributed by atoms with Crippen LogP contribution < -0.4 is 10.6 Å². The second-order valence-electron chi connectivity index (χ2n) is 4.04. The van der Waals surface area contributed by atoms with Gasteiger partial charge in [-0.2, -0.15) is 0 Å². The monoisotopic (exact) mass is 234 g/mol. The van der Waals surface area contributed by atoms with Crippen LogP contribution in [0.2, 0.25) is 0 Å². The van der Waals surface area contributed by atoms with Crippen molar-refractivity contribution in [2.45, 2.75) is 25.8 Å². The van der Waals surface area contributed by atoms with Gasteiger partial charge < -0.3 is 20.1 Å². The Labute approximate surface area is 97.7 Å². The number of hydrogen-bond acceptors (Lipinski definition) is 3. The Morgan fingerprint density at radius 3 is 2.47 bits per heavy atom. The molecule has 0 aromatic heterocycles. The molecule has 0 amide bonds. The highest BCUT2D eigenvalue weighted by Gasteiger charge is 2.17. The van der Waals surface area contributed by atoms with E-state index < -0.39 is 0 Å². The van der Waals surface area contributed by atoms with Gasteiger partial charge in [0, 0.05) is 27.4 Å². The van der Waals surface area contributed by atoms with Crippen molar-refractivity contribution in [2.75, 3.05) is 34.0 Å². The summed E-state index contributed by atoms with van der Waals surface area (Å²) in [5.74, 6) is 0. The van der Waals surface area contributed by atoms with E-state index in [4.69, 9.17) is 21.7 Å². The highest BCUT2D eigenvalue weighted by Crippen LogP contribution is 2.01. The smallest absolute Gasteiger partial charge is 0.166 e. The van der Waals surface area contributed by atoms with Gasteiger partial charge in [-0.15, -0.1) is 0 Å². The fraction of sp³-hybridized carbons (Fsp3) is 0.900. The van der Waals surface area contributed by atoms with Crippen molar-refractivity contribution < 1.29 is 9.47 Å². The maximum Gasteiger partial charge on any atom is 0.166 e. The van der Waals surface area contributed by atoms with E-state index in [1.807, 2.05) is 13.8 Å². The summed E-state index contributed by atoms with van der Waals surface area (Å²) in [7, 11) is 3.37. The van der Waals surface area contributed by atoms with Crippen molar-refractivity contribution in [1.82, 2.24) is 10.6 Å². The molecule has 2 N–H and O–H groups in total. The molecule has 0 rings (SSSR count). The van der Waals surface area contributed by atoms with E-state index in [0.29, 0.717) is 11.7 Å². The van der Waals surface area contributed by atoms with Gasteiger partial charge >= 0.3 is 0 Å². The summed E-state index contributed by atoms with van der Waals surface area (Å²) in [6.07, 6.45) is 0.947. The first-order valence-electron chi connectivity index (χ1n) is 5.06. The molecule has 0 spiro atoms. The van der Waals surface area contributed by atoms with Gasteiger partial charge in [0.05, 0.1) is 12.1 Å². The van der Waals surface area contributed by atoms with Gasteiger partial charge in [0.1, 0.15) is 0 Å². The quantitative estimate of drug-likeness (QED) is 0.506. The third kappa shape index (κ3) is 8.59. The van der Waals surface area contributed by atoms with E-state index in [-0.39, 0.29) is 5.54 Å². The number of thiocarbonyl (C=S) groups is 1. The lowest BCUT2D eigenvalue weighted by molar-refractivity contribution is 0.139. The molecule has 0 saturated heterocycles. The first-order chi connectivity index (χ1) is 7.02. The van der Waals surface area contributed by atoms with Gasteiger partial charge in [0.25, 0.3) is 0 Å². The van der Waals surface area contributed by atoms with Gasteiger partial charge in [-0.05, 0) is 32.5 Å². The number of rotatable bonds is 7. The lowest BCUT2D eigenvalue weighted by Crippen LogP contribution is -2.50. The van der Waals surface area contributed by atoms with Gasteiger partial charge in [0.15, 0.2) is 5.11 Å². The van der Waals surface area contributed by atoms with Crippen LogP contribution in [0.4, 0.5) is 0 Å². The molecule has 0 heterocycles. The molecule has 15 heavy (non-hydrogen) atoms. The summed E-state index contributed by atoms with van der Waals surface area (Å²) in [5.41, 5.74) is -0.139. The van der Waals surface area contributed by atoms with Crippen molar-refractivity contribution >= 4 is 17.3 Å². The van der Waals surface area contributed by atoms with Gasteiger partial charge in [-0.1, -0.05) is 0 Å². The molecule has 0 aromatic rings. The zero-order valence-electron chi connectivity index (χ0n) is 10.1. The molecule has 0 atom stereocenters. The Kier molecular flexibility index (Phi) is 7.64. The molecule has 0 aliphatic carbocycles. The summed E-state index contributed by atoms with van der Waals surface area (Å²) in [6.45, 7) is 6.27. The Hall–Kier alpha value is -0.390. The van der Waals surface area contributed by atoms with Crippen LogP contribution in [0.5, 0.6) is 0 Å². The minimum Gasteiger partial charge on any atom is -0.385 e. The van der Waals surface area contributed by atoms with E-state index in [2.05, 4.69) is 10.6 Å². The van der Waals surface area contributed by atoms with Crippen LogP contribution in [-0.2, 0) is 9.47 Å². The summed E-state index contributed by atoms with van der Waals surface area (Å²) in [5, 5.41) is 6.97. The largest absolute Gasteiger partial charge is 0.385 e. The Morgan fingerprint density at radius 2 is 1.93 bits per heavy atom. The highest BCUT2D eigenvalue weighted by molar-refractivity contribution is 7.80. The molecule has 0 bridgehead atoms. The van der Waals surface area contributed by atoms with Crippen LogP contribution in [0.15, 0.2) is 0 Å². The molecular weight excluding hydrogens is 212 g/mol. The zero-order chi connectivity index (χ0) is 11.7. The molecule has 0 unspecified atom stereocenters. The van der Waals surface area contributed by atoms with Crippen LogP contribution >= 0.6 is 12.2 Å². The van der Waals surface area contributed by atoms with E-state index >= 15 is 0 Å². The van der Waals surface area contributed by atoms with E-state index in [9.17, 15) is 0 Å². The molecule has 90 valence electrons. The Bertz CT molecular complexity index is 186. The van der Waals surface area contributed by atoms with Crippen LogP contribution in [0.25, 0.3) is 0 Å². The van der Waals surface area contributed by atoms with Crippen molar-refractivity contribution in [2.24, 2.45) is 0 Å². The molecule has 0 aliphatic rings. The molecular formula is C10H22N2O2S. The van der Waals surface area contributed by atoms with Crippen molar-refractivity contribution in [3.8, 4) is 0 Å². The zero-order valence-corrected chi connectivity index (χ0v) is 10.9. The minimum absolute atomic E-state index is 0.139. The molecule has 0 aliphatic heterocycles. The Balaban J connectivity index is 3.63. The number of nitrogens with one attached hydrogen (secondary N) is 2. The number of hydrogen-bond donors (Lipinski definition) is 2. The molecule has 0 radical (unpaired) electrons. The maximum absolute atomic E-state index is 5.15. The molecule has 0 saturated carbocycles. The second-order valence-corrected chi connectivity index (χ2v) is 4.45. The van der Waals surface area contributed by atoms with E-state index in [1.165, 1.54) is 0 Å². The SMILES string of the molecule is COCCCNC(=S)NC(C)(C)COC. The fourth-order valence-corrected chi connectivity index (χ4v) is 1.55. The predicted molar refractivity (Wildman–Crippen MR) is 66.2 cm³/mol. The summed E-state index contributed by atoms with van der Waals surface area (Å²) in [6, 6.07) is 0. The number of methoxy groups -OCH3 is 2. The van der Waals surface area contributed by atoms with Crippen molar-refractivity contribution in [3.63, 3.8) is 0 Å². The summed E-state index contributed by atoms with van der Waals surface area (Å²) >= 11 is 5.15. The average molecular weight is 234 g/mol. The minimum atomic E-state index is -0.139. The highest BCUT2D eigenvalue weighted by atomic mass is 32.1. The number of ether oxygens (including phenoxy) is 2. The first-order valence-corrected chi connectivity index (χ1v) is 5.46. The maximum atomic E-state index is 5.15. The second kappa shape index (κ2) is 7.84. The van der Waals surface area contributed by atoms with E-state index in [1.54, 1.807) is 14.2 Å². The summed E-state index contributed by atoms with van der Waals surface area (Å²) in [4.78, 5) is 0. The predicted octanol–water partition coefficient (Wildman–Crippen LogP) is 0.912. The van der Waals surface area contributed by atoms with Gasteiger partial charge in [0.2, 0.25) is 0 Å². The molecule has 0 fully saturated rings. The fourth-order valence-electron chi connectivity index (χ4n) is 1.17. The Morgan fingerprint density at radius 1 is 1.27 bits per heavy atom. The van der Waals surface area contributed by atoms with Gasteiger partial charge in [-0.3, -0.25) is 0 Å². The van der Waals surface area contributed by atoms with Crippen LogP contribution in [0, 0.1) is 0 Å².